The number of thioether (sulfide) groups is 1. The number of nitrogens with zero attached hydrogens (tertiary/aromatic N) is 2. The van der Waals surface area contributed by atoms with Crippen LogP contribution in [-0.4, -0.2) is 78.0 Å². The average molecular weight is 352 g/mol. The molecule has 0 saturated carbocycles. The lowest BCUT2D eigenvalue weighted by atomic mass is 10.0. The van der Waals surface area contributed by atoms with Crippen LogP contribution >= 0.6 is 11.8 Å². The number of piperidine rings is 1. The summed E-state index contributed by atoms with van der Waals surface area (Å²) in [5.41, 5.74) is 0. The standard InChI is InChI=1S/C13H24N2O5S2/c1-3-22(19,20)14-7-4-11(5-8-14)15(10-13(17)18)12(16)6-9-21-2/h11H,3-10H2,1-2H3,(H,17,18). The Hall–Kier alpha value is -0.800. The SMILES string of the molecule is CCS(=O)(=O)N1CCC(N(CC(=O)O)C(=O)CCSC)CC1. The lowest BCUT2D eigenvalue weighted by molar-refractivity contribution is -0.146. The van der Waals surface area contributed by atoms with Gasteiger partial charge in [-0.1, -0.05) is 0 Å². The molecular weight excluding hydrogens is 328 g/mol. The van der Waals surface area contributed by atoms with Crippen LogP contribution in [0.1, 0.15) is 26.2 Å². The first-order valence-electron chi connectivity index (χ1n) is 7.29. The van der Waals surface area contributed by atoms with Gasteiger partial charge >= 0.3 is 5.97 Å². The van der Waals surface area contributed by atoms with E-state index < -0.39 is 16.0 Å². The van der Waals surface area contributed by atoms with Crippen LogP contribution in [0.3, 0.4) is 0 Å². The molecular formula is C13H24N2O5S2. The molecule has 0 aromatic heterocycles. The van der Waals surface area contributed by atoms with Gasteiger partial charge in [0.1, 0.15) is 6.54 Å². The van der Waals surface area contributed by atoms with E-state index in [9.17, 15) is 18.0 Å². The zero-order valence-corrected chi connectivity index (χ0v) is 14.7. The van der Waals surface area contributed by atoms with E-state index in [1.807, 2.05) is 6.26 Å². The maximum Gasteiger partial charge on any atom is 0.323 e. The molecule has 0 aliphatic carbocycles. The van der Waals surface area contributed by atoms with Crippen LogP contribution in [0.4, 0.5) is 0 Å². The third-order valence-corrected chi connectivity index (χ3v) is 6.26. The monoisotopic (exact) mass is 352 g/mol. The highest BCUT2D eigenvalue weighted by atomic mass is 32.2. The van der Waals surface area contributed by atoms with E-state index in [-0.39, 0.29) is 24.2 Å². The molecule has 1 saturated heterocycles. The maximum absolute atomic E-state index is 12.2. The number of amides is 1. The molecule has 0 atom stereocenters. The Morgan fingerprint density at radius 3 is 2.36 bits per heavy atom. The zero-order chi connectivity index (χ0) is 16.8. The van der Waals surface area contributed by atoms with Crippen LogP contribution in [-0.2, 0) is 19.6 Å². The van der Waals surface area contributed by atoms with Gasteiger partial charge in [-0.3, -0.25) is 9.59 Å². The minimum atomic E-state index is -3.22. The van der Waals surface area contributed by atoms with Gasteiger partial charge in [0.25, 0.3) is 0 Å². The van der Waals surface area contributed by atoms with Crippen LogP contribution in [0.2, 0.25) is 0 Å². The predicted octanol–water partition coefficient (Wildman–Crippen LogP) is 0.467. The van der Waals surface area contributed by atoms with Gasteiger partial charge in [0.05, 0.1) is 5.75 Å². The second-order valence-corrected chi connectivity index (χ2v) is 8.43. The van der Waals surface area contributed by atoms with Gasteiger partial charge in [-0.15, -0.1) is 0 Å². The first kappa shape index (κ1) is 19.2. The summed E-state index contributed by atoms with van der Waals surface area (Å²) in [6, 6.07) is -0.200. The van der Waals surface area contributed by atoms with Crippen molar-refractivity contribution in [1.82, 2.24) is 9.21 Å². The van der Waals surface area contributed by atoms with E-state index in [0.717, 1.165) is 0 Å². The van der Waals surface area contributed by atoms with Gasteiger partial charge in [0, 0.05) is 31.3 Å². The van der Waals surface area contributed by atoms with Gasteiger partial charge in [-0.25, -0.2) is 12.7 Å². The number of carbonyl (C=O) groups is 2. The van der Waals surface area contributed by atoms with Gasteiger partial charge < -0.3 is 10.0 Å². The van der Waals surface area contributed by atoms with Crippen LogP contribution in [0.5, 0.6) is 0 Å². The van der Waals surface area contributed by atoms with Crippen LogP contribution in [0.25, 0.3) is 0 Å². The fourth-order valence-electron chi connectivity index (χ4n) is 2.51. The number of rotatable bonds is 8. The number of carbonyl (C=O) groups excluding carboxylic acids is 1. The quantitative estimate of drug-likeness (QED) is 0.682. The molecule has 0 spiro atoms. The molecule has 1 heterocycles. The number of sulfonamides is 1. The molecule has 1 rings (SSSR count). The summed E-state index contributed by atoms with van der Waals surface area (Å²) >= 11 is 1.54. The Morgan fingerprint density at radius 1 is 1.32 bits per heavy atom. The van der Waals surface area contributed by atoms with Crippen molar-refractivity contribution in [1.29, 1.82) is 0 Å². The van der Waals surface area contributed by atoms with E-state index in [4.69, 9.17) is 5.11 Å². The van der Waals surface area contributed by atoms with Crippen molar-refractivity contribution < 1.29 is 23.1 Å². The van der Waals surface area contributed by atoms with E-state index in [0.29, 0.717) is 38.1 Å². The Morgan fingerprint density at radius 2 is 1.91 bits per heavy atom. The van der Waals surface area contributed by atoms with Crippen molar-refractivity contribution in [3.8, 4) is 0 Å². The summed E-state index contributed by atoms with van der Waals surface area (Å²) < 4.78 is 25.1. The van der Waals surface area contributed by atoms with Gasteiger partial charge in [0.2, 0.25) is 15.9 Å². The van der Waals surface area contributed by atoms with Crippen LogP contribution in [0.15, 0.2) is 0 Å². The van der Waals surface area contributed by atoms with Crippen molar-refractivity contribution in [2.75, 3.05) is 37.4 Å². The Bertz CT molecular complexity index is 487. The van der Waals surface area contributed by atoms with Crippen LogP contribution in [0, 0.1) is 0 Å². The third kappa shape index (κ3) is 5.44. The average Bonchev–Trinajstić information content (AvgIpc) is 2.50. The maximum atomic E-state index is 12.2. The first-order chi connectivity index (χ1) is 10.3. The van der Waals surface area contributed by atoms with Gasteiger partial charge in [0.15, 0.2) is 0 Å². The molecule has 0 unspecified atom stereocenters. The van der Waals surface area contributed by atoms with E-state index >= 15 is 0 Å². The van der Waals surface area contributed by atoms with Crippen molar-refractivity contribution >= 4 is 33.7 Å². The summed E-state index contributed by atoms with van der Waals surface area (Å²) in [5.74, 6) is -0.504. The van der Waals surface area contributed by atoms with E-state index in [1.54, 1.807) is 6.92 Å². The van der Waals surface area contributed by atoms with Gasteiger partial charge in [-0.05, 0) is 26.0 Å². The predicted molar refractivity (Wildman–Crippen MR) is 86.4 cm³/mol. The molecule has 1 fully saturated rings. The summed E-state index contributed by atoms with van der Waals surface area (Å²) in [6.45, 7) is 1.96. The number of carboxylic acids is 1. The minimum Gasteiger partial charge on any atom is -0.480 e. The Balaban J connectivity index is 2.69. The highest BCUT2D eigenvalue weighted by Crippen LogP contribution is 2.20. The summed E-state index contributed by atoms with van der Waals surface area (Å²) in [4.78, 5) is 24.6. The molecule has 0 aromatic rings. The fraction of sp³-hybridized carbons (Fsp3) is 0.846. The zero-order valence-electron chi connectivity index (χ0n) is 13.0. The molecule has 9 heteroatoms. The van der Waals surface area contributed by atoms with Crippen molar-refractivity contribution in [2.24, 2.45) is 0 Å². The number of aliphatic carboxylic acids is 1. The topological polar surface area (TPSA) is 95.0 Å². The molecule has 22 heavy (non-hydrogen) atoms. The first-order valence-corrected chi connectivity index (χ1v) is 10.3. The molecule has 1 aliphatic rings. The minimum absolute atomic E-state index is 0.0587. The molecule has 1 amide bonds. The molecule has 7 nitrogen and oxygen atoms in total. The molecule has 0 radical (unpaired) electrons. The van der Waals surface area contributed by atoms with E-state index in [2.05, 4.69) is 0 Å². The largest absolute Gasteiger partial charge is 0.480 e. The van der Waals surface area contributed by atoms with Crippen molar-refractivity contribution in [3.05, 3.63) is 0 Å². The molecule has 1 aliphatic heterocycles. The lowest BCUT2D eigenvalue weighted by Crippen LogP contribution is -2.50. The molecule has 1 N–H and O–H groups in total. The number of hydrogen-bond donors (Lipinski definition) is 1. The fourth-order valence-corrected chi connectivity index (χ4v) is 4.03. The van der Waals surface area contributed by atoms with Crippen molar-refractivity contribution in [2.45, 2.75) is 32.2 Å². The van der Waals surface area contributed by atoms with Crippen LogP contribution < -0.4 is 0 Å². The smallest absolute Gasteiger partial charge is 0.323 e. The van der Waals surface area contributed by atoms with Crippen molar-refractivity contribution in [3.63, 3.8) is 0 Å². The van der Waals surface area contributed by atoms with E-state index in [1.165, 1.54) is 21.0 Å². The molecule has 0 aromatic carbocycles. The third-order valence-electron chi connectivity index (χ3n) is 3.77. The number of hydrogen-bond acceptors (Lipinski definition) is 5. The second-order valence-electron chi connectivity index (χ2n) is 5.19. The molecule has 128 valence electrons. The summed E-state index contributed by atoms with van der Waals surface area (Å²) in [5, 5.41) is 9.00. The normalized spacial score (nSPS) is 17.4. The highest BCUT2D eigenvalue weighted by molar-refractivity contribution is 7.98. The van der Waals surface area contributed by atoms with Gasteiger partial charge in [-0.2, -0.15) is 11.8 Å². The lowest BCUT2D eigenvalue weighted by Gasteiger charge is -2.37. The second kappa shape index (κ2) is 8.73. The molecule has 0 bridgehead atoms. The Labute approximate surface area is 136 Å². The number of carboxylic acid groups (broad SMARTS) is 1. The summed E-state index contributed by atoms with van der Waals surface area (Å²) in [7, 11) is -3.22. The highest BCUT2D eigenvalue weighted by Gasteiger charge is 2.32. The Kier molecular flexibility index (Phi) is 7.64. The summed E-state index contributed by atoms with van der Waals surface area (Å²) in [6.07, 6.45) is 3.17.